The van der Waals surface area contributed by atoms with Crippen molar-refractivity contribution in [3.05, 3.63) is 48.2 Å². The first-order chi connectivity index (χ1) is 12.7. The molecule has 3 rings (SSSR count). The second-order valence-corrected chi connectivity index (χ2v) is 7.49. The van der Waals surface area contributed by atoms with Gasteiger partial charge in [0, 0.05) is 24.7 Å². The SMILES string of the molecule is Nc1nccc(N2CCCC(CCCc3ccccc3)(COCP)C2)n1. The Morgan fingerprint density at radius 2 is 2.08 bits per heavy atom. The number of ether oxygens (including phenoxy) is 1. The van der Waals surface area contributed by atoms with Crippen LogP contribution in [0.2, 0.25) is 0 Å². The van der Waals surface area contributed by atoms with Crippen LogP contribution >= 0.6 is 9.24 Å². The number of anilines is 2. The number of nitrogens with zero attached hydrogens (tertiary/aromatic N) is 3. The number of nitrogens with two attached hydrogens (primary N) is 1. The molecule has 0 bridgehead atoms. The largest absolute Gasteiger partial charge is 0.377 e. The second-order valence-electron chi connectivity index (χ2n) is 7.15. The summed E-state index contributed by atoms with van der Waals surface area (Å²) < 4.78 is 5.87. The van der Waals surface area contributed by atoms with Gasteiger partial charge < -0.3 is 15.4 Å². The van der Waals surface area contributed by atoms with E-state index < -0.39 is 0 Å². The van der Waals surface area contributed by atoms with Gasteiger partial charge in [-0.2, -0.15) is 4.98 Å². The molecule has 0 saturated carbocycles. The summed E-state index contributed by atoms with van der Waals surface area (Å²) in [7, 11) is 2.66. The Balaban J connectivity index is 1.67. The standard InChI is InChI=1S/C20H29N4OP/c21-19-22-12-9-18(23-19)24-13-5-11-20(14-24,15-25-16-26)10-4-8-17-6-2-1-3-7-17/h1-3,6-7,9,12H,4-5,8,10-11,13-16,26H2,(H2,21,22,23). The highest BCUT2D eigenvalue weighted by Crippen LogP contribution is 2.37. The van der Waals surface area contributed by atoms with Crippen LogP contribution < -0.4 is 10.6 Å². The normalized spacial score (nSPS) is 20.3. The molecule has 0 amide bonds. The van der Waals surface area contributed by atoms with Crippen molar-refractivity contribution in [1.82, 2.24) is 9.97 Å². The number of piperidine rings is 1. The van der Waals surface area contributed by atoms with E-state index in [0.717, 1.165) is 44.8 Å². The zero-order valence-corrected chi connectivity index (χ0v) is 16.5. The van der Waals surface area contributed by atoms with Crippen LogP contribution in [0.5, 0.6) is 0 Å². The van der Waals surface area contributed by atoms with Crippen molar-refractivity contribution < 1.29 is 4.74 Å². The molecule has 2 N–H and O–H groups in total. The molecule has 2 aromatic rings. The summed E-state index contributed by atoms with van der Waals surface area (Å²) >= 11 is 0. The predicted molar refractivity (Wildman–Crippen MR) is 110 cm³/mol. The van der Waals surface area contributed by atoms with E-state index in [4.69, 9.17) is 10.5 Å². The molecule has 1 aromatic heterocycles. The van der Waals surface area contributed by atoms with E-state index in [1.807, 2.05) is 6.07 Å². The maximum Gasteiger partial charge on any atom is 0.221 e. The number of benzene rings is 1. The molecule has 1 aliphatic heterocycles. The molecule has 1 aromatic carbocycles. The summed E-state index contributed by atoms with van der Waals surface area (Å²) in [5.74, 6) is 1.26. The highest BCUT2D eigenvalue weighted by atomic mass is 31.0. The zero-order valence-electron chi connectivity index (χ0n) is 15.3. The average molecular weight is 372 g/mol. The van der Waals surface area contributed by atoms with Crippen LogP contribution in [0.1, 0.15) is 31.2 Å². The van der Waals surface area contributed by atoms with Gasteiger partial charge in [-0.05, 0) is 43.7 Å². The molecule has 5 nitrogen and oxygen atoms in total. The van der Waals surface area contributed by atoms with Gasteiger partial charge in [0.15, 0.2) is 0 Å². The van der Waals surface area contributed by atoms with Gasteiger partial charge in [-0.1, -0.05) is 30.3 Å². The number of hydrogen-bond donors (Lipinski definition) is 1. The Labute approximate surface area is 158 Å². The van der Waals surface area contributed by atoms with E-state index in [9.17, 15) is 0 Å². The van der Waals surface area contributed by atoms with E-state index in [0.29, 0.717) is 12.3 Å². The predicted octanol–water partition coefficient (Wildman–Crippen LogP) is 3.52. The third-order valence-electron chi connectivity index (χ3n) is 5.19. The van der Waals surface area contributed by atoms with Crippen LogP contribution in [0.3, 0.4) is 0 Å². The van der Waals surface area contributed by atoms with Crippen molar-refractivity contribution in [3.8, 4) is 0 Å². The first-order valence-electron chi connectivity index (χ1n) is 9.36. The molecule has 2 unspecified atom stereocenters. The quantitative estimate of drug-likeness (QED) is 0.719. The lowest BCUT2D eigenvalue weighted by Gasteiger charge is -2.43. The molecule has 2 atom stereocenters. The molecule has 26 heavy (non-hydrogen) atoms. The number of aryl methyl sites for hydroxylation is 1. The fourth-order valence-corrected chi connectivity index (χ4v) is 4.04. The van der Waals surface area contributed by atoms with Gasteiger partial charge in [-0.15, -0.1) is 9.24 Å². The van der Waals surface area contributed by atoms with Gasteiger partial charge in [0.05, 0.1) is 13.0 Å². The summed E-state index contributed by atoms with van der Waals surface area (Å²) in [6.45, 7) is 2.77. The topological polar surface area (TPSA) is 64.3 Å². The molecule has 0 spiro atoms. The molecule has 1 fully saturated rings. The van der Waals surface area contributed by atoms with Crippen LogP contribution in [-0.4, -0.2) is 36.0 Å². The molecular formula is C20H29N4OP. The van der Waals surface area contributed by atoms with Crippen LogP contribution in [0.25, 0.3) is 0 Å². The molecule has 0 radical (unpaired) electrons. The summed E-state index contributed by atoms with van der Waals surface area (Å²) in [6, 6.07) is 12.7. The molecule has 6 heteroatoms. The van der Waals surface area contributed by atoms with Crippen molar-refractivity contribution >= 4 is 21.0 Å². The highest BCUT2D eigenvalue weighted by molar-refractivity contribution is 7.16. The molecular weight excluding hydrogens is 343 g/mol. The molecule has 0 aliphatic carbocycles. The second kappa shape index (κ2) is 9.29. The lowest BCUT2D eigenvalue weighted by molar-refractivity contribution is 0.0501. The third-order valence-corrected chi connectivity index (χ3v) is 5.42. The zero-order chi connectivity index (χ0) is 18.2. The van der Waals surface area contributed by atoms with E-state index in [2.05, 4.69) is 54.4 Å². The molecule has 1 saturated heterocycles. The van der Waals surface area contributed by atoms with E-state index in [1.165, 1.54) is 18.4 Å². The lowest BCUT2D eigenvalue weighted by Crippen LogP contribution is -2.46. The van der Waals surface area contributed by atoms with Gasteiger partial charge in [-0.25, -0.2) is 4.98 Å². The summed E-state index contributed by atoms with van der Waals surface area (Å²) in [6.07, 6.45) is 8.21. The Morgan fingerprint density at radius 3 is 2.85 bits per heavy atom. The summed E-state index contributed by atoms with van der Waals surface area (Å²) in [4.78, 5) is 10.8. The van der Waals surface area contributed by atoms with Gasteiger partial charge >= 0.3 is 0 Å². The van der Waals surface area contributed by atoms with Gasteiger partial charge in [-0.3, -0.25) is 0 Å². The number of nitrogen functional groups attached to an aromatic ring is 1. The van der Waals surface area contributed by atoms with Crippen LogP contribution in [0, 0.1) is 5.41 Å². The van der Waals surface area contributed by atoms with Crippen LogP contribution in [-0.2, 0) is 11.2 Å². The fourth-order valence-electron chi connectivity index (χ4n) is 3.93. The van der Waals surface area contributed by atoms with Gasteiger partial charge in [0.2, 0.25) is 5.95 Å². The van der Waals surface area contributed by atoms with Gasteiger partial charge in [0.25, 0.3) is 0 Å². The number of rotatable bonds is 8. The minimum Gasteiger partial charge on any atom is -0.377 e. The first-order valence-corrected chi connectivity index (χ1v) is 10.2. The summed E-state index contributed by atoms with van der Waals surface area (Å²) in [5, 5.41) is 0. The van der Waals surface area contributed by atoms with Crippen molar-refractivity contribution in [1.29, 1.82) is 0 Å². The minimum atomic E-state index is 0.170. The number of hydrogen-bond acceptors (Lipinski definition) is 5. The molecule has 2 heterocycles. The smallest absolute Gasteiger partial charge is 0.221 e. The highest BCUT2D eigenvalue weighted by Gasteiger charge is 2.36. The Bertz CT molecular complexity index is 685. The molecule has 140 valence electrons. The van der Waals surface area contributed by atoms with Crippen molar-refractivity contribution in [2.24, 2.45) is 5.41 Å². The fraction of sp³-hybridized carbons (Fsp3) is 0.500. The number of aromatic nitrogens is 2. The van der Waals surface area contributed by atoms with Crippen LogP contribution in [0.4, 0.5) is 11.8 Å². The Morgan fingerprint density at radius 1 is 1.23 bits per heavy atom. The van der Waals surface area contributed by atoms with Gasteiger partial charge in [0.1, 0.15) is 5.82 Å². The maximum atomic E-state index is 5.87. The minimum absolute atomic E-state index is 0.170. The summed E-state index contributed by atoms with van der Waals surface area (Å²) in [5.41, 5.74) is 7.36. The monoisotopic (exact) mass is 372 g/mol. The van der Waals surface area contributed by atoms with E-state index in [-0.39, 0.29) is 5.41 Å². The average Bonchev–Trinajstić information content (AvgIpc) is 2.68. The van der Waals surface area contributed by atoms with Crippen LogP contribution in [0.15, 0.2) is 42.6 Å². The lowest BCUT2D eigenvalue weighted by atomic mass is 9.76. The maximum absolute atomic E-state index is 5.87. The molecule has 1 aliphatic rings. The van der Waals surface area contributed by atoms with Crippen molar-refractivity contribution in [2.75, 3.05) is 36.7 Å². The van der Waals surface area contributed by atoms with Crippen molar-refractivity contribution in [3.63, 3.8) is 0 Å². The van der Waals surface area contributed by atoms with E-state index >= 15 is 0 Å². The Kier molecular flexibility index (Phi) is 6.81. The third kappa shape index (κ3) is 5.15. The first kappa shape index (κ1) is 19.1. The Hall–Kier alpha value is -1.71. The van der Waals surface area contributed by atoms with E-state index in [1.54, 1.807) is 6.20 Å². The van der Waals surface area contributed by atoms with Crippen molar-refractivity contribution in [2.45, 2.75) is 32.1 Å².